The molecule has 0 aliphatic heterocycles. The number of nitriles is 1. The molecule has 0 unspecified atom stereocenters. The summed E-state index contributed by atoms with van der Waals surface area (Å²) in [4.78, 5) is 4.53. The topological polar surface area (TPSA) is 45.9 Å². The lowest BCUT2D eigenvalue weighted by Crippen LogP contribution is -2.01. The predicted octanol–water partition coefficient (Wildman–Crippen LogP) is 5.99. The van der Waals surface area contributed by atoms with Crippen LogP contribution in [0, 0.1) is 11.3 Å². The number of ether oxygens (including phenoxy) is 1. The molecule has 3 nitrogen and oxygen atoms in total. The quantitative estimate of drug-likeness (QED) is 0.567. The van der Waals surface area contributed by atoms with Crippen LogP contribution in [0.3, 0.4) is 0 Å². The van der Waals surface area contributed by atoms with Gasteiger partial charge in [0.15, 0.2) is 0 Å². The summed E-state index contributed by atoms with van der Waals surface area (Å²) in [5.41, 5.74) is 3.53. The van der Waals surface area contributed by atoms with Gasteiger partial charge in [-0.15, -0.1) is 0 Å². The Morgan fingerprint density at radius 1 is 1.00 bits per heavy atom. The zero-order valence-corrected chi connectivity index (χ0v) is 15.0. The molecule has 5 heteroatoms. The van der Waals surface area contributed by atoms with E-state index in [0.717, 1.165) is 16.8 Å². The minimum Gasteiger partial charge on any atom is -0.477 e. The molecule has 0 saturated heterocycles. The second-order valence-electron chi connectivity index (χ2n) is 5.27. The van der Waals surface area contributed by atoms with Crippen LogP contribution >= 0.6 is 23.2 Å². The minimum absolute atomic E-state index is 0.312. The van der Waals surface area contributed by atoms with Crippen molar-refractivity contribution in [2.75, 3.05) is 6.61 Å². The van der Waals surface area contributed by atoms with E-state index >= 15 is 0 Å². The number of pyridine rings is 1. The van der Waals surface area contributed by atoms with E-state index in [0.29, 0.717) is 33.7 Å². The lowest BCUT2D eigenvalue weighted by Gasteiger charge is -2.13. The first-order valence-corrected chi connectivity index (χ1v) is 8.48. The molecule has 3 rings (SSSR count). The maximum atomic E-state index is 9.64. The van der Waals surface area contributed by atoms with Crippen molar-refractivity contribution in [3.05, 3.63) is 70.2 Å². The lowest BCUT2D eigenvalue weighted by atomic mass is 9.99. The molecular weight excluding hydrogens is 355 g/mol. The van der Waals surface area contributed by atoms with Crippen LogP contribution < -0.4 is 4.74 Å². The molecule has 1 heterocycles. The van der Waals surface area contributed by atoms with E-state index in [2.05, 4.69) is 11.1 Å². The fraction of sp³-hybridized carbons (Fsp3) is 0.100. The molecule has 0 aliphatic rings. The number of nitrogens with zero attached hydrogens (tertiary/aromatic N) is 2. The number of benzene rings is 2. The average Bonchev–Trinajstić information content (AvgIpc) is 2.64. The van der Waals surface area contributed by atoms with Crippen molar-refractivity contribution in [1.82, 2.24) is 4.98 Å². The Bertz CT molecular complexity index is 950. The van der Waals surface area contributed by atoms with Gasteiger partial charge in [0, 0.05) is 11.1 Å². The summed E-state index contributed by atoms with van der Waals surface area (Å²) in [6.45, 7) is 2.28. The van der Waals surface area contributed by atoms with Crippen LogP contribution in [-0.2, 0) is 0 Å². The van der Waals surface area contributed by atoms with Gasteiger partial charge in [-0.05, 0) is 30.7 Å². The summed E-state index contributed by atoms with van der Waals surface area (Å²) in [5.74, 6) is 0.312. The van der Waals surface area contributed by atoms with Crippen LogP contribution in [0.1, 0.15) is 12.5 Å². The van der Waals surface area contributed by atoms with Gasteiger partial charge in [-0.1, -0.05) is 59.6 Å². The molecule has 0 saturated carbocycles. The predicted molar refractivity (Wildman–Crippen MR) is 101 cm³/mol. The molecule has 0 spiro atoms. The summed E-state index contributed by atoms with van der Waals surface area (Å²) < 4.78 is 5.61. The highest BCUT2D eigenvalue weighted by Gasteiger charge is 2.17. The smallest absolute Gasteiger partial charge is 0.232 e. The van der Waals surface area contributed by atoms with Gasteiger partial charge in [0.2, 0.25) is 5.88 Å². The van der Waals surface area contributed by atoms with Crippen molar-refractivity contribution >= 4 is 23.2 Å². The van der Waals surface area contributed by atoms with E-state index < -0.39 is 0 Å². The van der Waals surface area contributed by atoms with Gasteiger partial charge in [0.25, 0.3) is 0 Å². The van der Waals surface area contributed by atoms with Crippen molar-refractivity contribution < 1.29 is 4.74 Å². The Labute approximate surface area is 156 Å². The van der Waals surface area contributed by atoms with E-state index in [1.807, 2.05) is 49.4 Å². The highest BCUT2D eigenvalue weighted by atomic mass is 35.5. The minimum atomic E-state index is 0.312. The normalized spacial score (nSPS) is 10.3. The highest BCUT2D eigenvalue weighted by Crippen LogP contribution is 2.35. The van der Waals surface area contributed by atoms with E-state index in [9.17, 15) is 5.26 Å². The zero-order chi connectivity index (χ0) is 17.8. The van der Waals surface area contributed by atoms with Crippen LogP contribution in [-0.4, -0.2) is 11.6 Å². The molecule has 0 aliphatic carbocycles. The molecule has 0 atom stereocenters. The van der Waals surface area contributed by atoms with Crippen molar-refractivity contribution in [2.24, 2.45) is 0 Å². The molecule has 0 radical (unpaired) electrons. The number of hydrogen-bond acceptors (Lipinski definition) is 3. The first-order chi connectivity index (χ1) is 12.1. The summed E-state index contributed by atoms with van der Waals surface area (Å²) in [6, 6.07) is 19.1. The average molecular weight is 369 g/mol. The van der Waals surface area contributed by atoms with E-state index in [1.165, 1.54) is 0 Å². The van der Waals surface area contributed by atoms with E-state index in [1.54, 1.807) is 12.1 Å². The first kappa shape index (κ1) is 17.3. The van der Waals surface area contributed by atoms with Crippen molar-refractivity contribution in [3.63, 3.8) is 0 Å². The number of halogens is 2. The van der Waals surface area contributed by atoms with Crippen LogP contribution in [0.15, 0.2) is 54.6 Å². The molecule has 0 N–H and O–H groups in total. The SMILES string of the molecule is CCOc1nc(-c2ccccc2)cc(-c2ccc(Cl)c(Cl)c2)c1C#N. The second kappa shape index (κ2) is 7.57. The van der Waals surface area contributed by atoms with Gasteiger partial charge < -0.3 is 4.74 Å². The molecule has 124 valence electrons. The standard InChI is InChI=1S/C20H14Cl2N2O/c1-2-25-20-16(12-23)15(14-8-9-17(21)18(22)10-14)11-19(24-20)13-6-4-3-5-7-13/h3-11H,2H2,1H3. The number of hydrogen-bond donors (Lipinski definition) is 0. The van der Waals surface area contributed by atoms with Gasteiger partial charge in [0.1, 0.15) is 11.6 Å². The Balaban J connectivity index is 2.26. The fourth-order valence-electron chi connectivity index (χ4n) is 2.52. The third-order valence-electron chi connectivity index (χ3n) is 3.68. The molecule has 2 aromatic carbocycles. The molecule has 1 aromatic heterocycles. The van der Waals surface area contributed by atoms with Crippen molar-refractivity contribution in [2.45, 2.75) is 6.92 Å². The molecular formula is C20H14Cl2N2O. The van der Waals surface area contributed by atoms with E-state index in [4.69, 9.17) is 27.9 Å². The third kappa shape index (κ3) is 3.61. The Hall–Kier alpha value is -2.54. The van der Waals surface area contributed by atoms with Crippen LogP contribution in [0.25, 0.3) is 22.4 Å². The summed E-state index contributed by atoms with van der Waals surface area (Å²) >= 11 is 12.2. The second-order valence-corrected chi connectivity index (χ2v) is 6.09. The Kier molecular flexibility index (Phi) is 5.23. The molecule has 0 fully saturated rings. The number of aromatic nitrogens is 1. The largest absolute Gasteiger partial charge is 0.477 e. The van der Waals surface area contributed by atoms with Gasteiger partial charge in [-0.3, -0.25) is 0 Å². The summed E-state index contributed by atoms with van der Waals surface area (Å²) in [6.07, 6.45) is 0. The van der Waals surface area contributed by atoms with E-state index in [-0.39, 0.29) is 0 Å². The molecule has 3 aromatic rings. The van der Waals surface area contributed by atoms with Gasteiger partial charge in [-0.25, -0.2) is 4.98 Å². The monoisotopic (exact) mass is 368 g/mol. The highest BCUT2D eigenvalue weighted by molar-refractivity contribution is 6.42. The summed E-state index contributed by atoms with van der Waals surface area (Å²) in [5, 5.41) is 10.5. The van der Waals surface area contributed by atoms with Gasteiger partial charge in [-0.2, -0.15) is 5.26 Å². The molecule has 0 amide bonds. The third-order valence-corrected chi connectivity index (χ3v) is 4.42. The van der Waals surface area contributed by atoms with Crippen molar-refractivity contribution in [3.8, 4) is 34.3 Å². The van der Waals surface area contributed by atoms with Gasteiger partial charge >= 0.3 is 0 Å². The van der Waals surface area contributed by atoms with Crippen LogP contribution in [0.2, 0.25) is 10.0 Å². The van der Waals surface area contributed by atoms with Crippen LogP contribution in [0.4, 0.5) is 0 Å². The molecule has 0 bridgehead atoms. The van der Waals surface area contributed by atoms with Crippen LogP contribution in [0.5, 0.6) is 5.88 Å². The fourth-order valence-corrected chi connectivity index (χ4v) is 2.82. The zero-order valence-electron chi connectivity index (χ0n) is 13.5. The number of rotatable bonds is 4. The summed E-state index contributed by atoms with van der Waals surface area (Å²) in [7, 11) is 0. The molecule has 25 heavy (non-hydrogen) atoms. The first-order valence-electron chi connectivity index (χ1n) is 7.72. The lowest BCUT2D eigenvalue weighted by molar-refractivity contribution is 0.326. The maximum Gasteiger partial charge on any atom is 0.232 e. The Morgan fingerprint density at radius 2 is 1.76 bits per heavy atom. The van der Waals surface area contributed by atoms with Crippen molar-refractivity contribution in [1.29, 1.82) is 5.26 Å². The van der Waals surface area contributed by atoms with Gasteiger partial charge in [0.05, 0.1) is 22.3 Å². The Morgan fingerprint density at radius 3 is 2.40 bits per heavy atom. The maximum absolute atomic E-state index is 9.64.